The van der Waals surface area contributed by atoms with E-state index in [4.69, 9.17) is 0 Å². The Kier molecular flexibility index (Phi) is 3.24. The number of aromatic nitrogens is 2. The summed E-state index contributed by atoms with van der Waals surface area (Å²) in [6, 6.07) is 0.256. The molecule has 0 bridgehead atoms. The van der Waals surface area contributed by atoms with Crippen molar-refractivity contribution in [2.24, 2.45) is 0 Å². The minimum Gasteiger partial charge on any atom is -0.333 e. The molecule has 5 nitrogen and oxygen atoms in total. The molecule has 88 valence electrons. The second-order valence-electron chi connectivity index (χ2n) is 4.14. The number of amides is 1. The lowest BCUT2D eigenvalue weighted by Gasteiger charge is -2.33. The van der Waals surface area contributed by atoms with Crippen LogP contribution in [0.2, 0.25) is 0 Å². The Morgan fingerprint density at radius 1 is 1.69 bits per heavy atom. The Morgan fingerprint density at radius 3 is 3.12 bits per heavy atom. The highest BCUT2D eigenvalue weighted by atomic mass is 16.2. The number of carbonyl (C=O) groups is 1. The van der Waals surface area contributed by atoms with E-state index in [0.717, 1.165) is 26.2 Å². The third-order valence-corrected chi connectivity index (χ3v) is 2.97. The van der Waals surface area contributed by atoms with E-state index in [0.29, 0.717) is 5.56 Å². The third-order valence-electron chi connectivity index (χ3n) is 2.97. The number of aryl methyl sites for hydroxylation is 1. The minimum atomic E-state index is 0.0914. The molecule has 0 radical (unpaired) electrons. The number of nitrogens with zero attached hydrogens (tertiary/aromatic N) is 3. The first kappa shape index (κ1) is 11.1. The molecule has 2 heterocycles. The van der Waals surface area contributed by atoms with Crippen LogP contribution in [0.1, 0.15) is 24.2 Å². The maximum Gasteiger partial charge on any atom is 0.257 e. The van der Waals surface area contributed by atoms with Gasteiger partial charge in [-0.25, -0.2) is 0 Å². The van der Waals surface area contributed by atoms with Gasteiger partial charge in [-0.05, 0) is 13.8 Å². The number of piperazine rings is 1. The molecule has 1 atom stereocenters. The van der Waals surface area contributed by atoms with Gasteiger partial charge in [-0.2, -0.15) is 5.10 Å². The summed E-state index contributed by atoms with van der Waals surface area (Å²) in [5.41, 5.74) is 0.690. The first-order valence-corrected chi connectivity index (χ1v) is 5.76. The van der Waals surface area contributed by atoms with E-state index in [1.807, 2.05) is 18.0 Å². The van der Waals surface area contributed by atoms with E-state index in [1.165, 1.54) is 0 Å². The highest BCUT2D eigenvalue weighted by Crippen LogP contribution is 2.09. The second-order valence-corrected chi connectivity index (χ2v) is 4.14. The average Bonchev–Trinajstić information content (AvgIpc) is 2.77. The Hall–Kier alpha value is -1.36. The maximum absolute atomic E-state index is 12.2. The van der Waals surface area contributed by atoms with Crippen LogP contribution in [0.25, 0.3) is 0 Å². The number of hydrogen-bond donors (Lipinski definition) is 1. The van der Waals surface area contributed by atoms with Crippen molar-refractivity contribution in [1.29, 1.82) is 0 Å². The van der Waals surface area contributed by atoms with Crippen molar-refractivity contribution in [1.82, 2.24) is 20.0 Å². The van der Waals surface area contributed by atoms with Crippen LogP contribution >= 0.6 is 0 Å². The second kappa shape index (κ2) is 4.65. The first-order valence-electron chi connectivity index (χ1n) is 5.76. The molecule has 0 saturated carbocycles. The predicted molar refractivity (Wildman–Crippen MR) is 61.3 cm³/mol. The molecule has 16 heavy (non-hydrogen) atoms. The molecular formula is C11H18N4O. The summed E-state index contributed by atoms with van der Waals surface area (Å²) >= 11 is 0. The molecule has 1 aromatic rings. The molecule has 0 unspecified atom stereocenters. The summed E-state index contributed by atoms with van der Waals surface area (Å²) in [5, 5.41) is 7.40. The number of carbonyl (C=O) groups excluding carboxylic acids is 1. The maximum atomic E-state index is 12.2. The largest absolute Gasteiger partial charge is 0.333 e. The fraction of sp³-hybridized carbons (Fsp3) is 0.636. The quantitative estimate of drug-likeness (QED) is 0.785. The van der Waals surface area contributed by atoms with Crippen LogP contribution in [0.5, 0.6) is 0 Å². The van der Waals surface area contributed by atoms with Gasteiger partial charge in [-0.1, -0.05) is 0 Å². The highest BCUT2D eigenvalue weighted by Gasteiger charge is 2.24. The molecule has 0 aliphatic carbocycles. The Bertz CT molecular complexity index is 374. The third kappa shape index (κ3) is 2.09. The summed E-state index contributed by atoms with van der Waals surface area (Å²) < 4.78 is 1.78. The van der Waals surface area contributed by atoms with Gasteiger partial charge in [0.05, 0.1) is 11.8 Å². The SMILES string of the molecule is CCn1cc(C(=O)N2CCNC[C@@H]2C)cn1. The van der Waals surface area contributed by atoms with Gasteiger partial charge in [0.1, 0.15) is 0 Å². The molecule has 1 saturated heterocycles. The summed E-state index contributed by atoms with van der Waals surface area (Å²) in [5.74, 6) is 0.0914. The zero-order chi connectivity index (χ0) is 11.5. The van der Waals surface area contributed by atoms with Crippen LogP contribution < -0.4 is 5.32 Å². The van der Waals surface area contributed by atoms with Crippen LogP contribution in [-0.4, -0.2) is 46.3 Å². The van der Waals surface area contributed by atoms with E-state index >= 15 is 0 Å². The summed E-state index contributed by atoms with van der Waals surface area (Å²) in [4.78, 5) is 14.1. The van der Waals surface area contributed by atoms with Crippen molar-refractivity contribution in [3.63, 3.8) is 0 Å². The Morgan fingerprint density at radius 2 is 2.50 bits per heavy atom. The normalized spacial score (nSPS) is 21.1. The molecule has 1 amide bonds. The average molecular weight is 222 g/mol. The van der Waals surface area contributed by atoms with Gasteiger partial charge in [0.2, 0.25) is 0 Å². The zero-order valence-corrected chi connectivity index (χ0v) is 9.81. The molecule has 5 heteroatoms. The lowest BCUT2D eigenvalue weighted by Crippen LogP contribution is -2.52. The van der Waals surface area contributed by atoms with E-state index in [2.05, 4.69) is 17.3 Å². The fourth-order valence-electron chi connectivity index (χ4n) is 1.96. The molecule has 1 fully saturated rings. The lowest BCUT2D eigenvalue weighted by atomic mass is 10.2. The van der Waals surface area contributed by atoms with Gasteiger partial charge in [0.15, 0.2) is 0 Å². The van der Waals surface area contributed by atoms with Gasteiger partial charge in [-0.3, -0.25) is 9.48 Å². The van der Waals surface area contributed by atoms with Crippen molar-refractivity contribution in [2.45, 2.75) is 26.4 Å². The smallest absolute Gasteiger partial charge is 0.257 e. The lowest BCUT2D eigenvalue weighted by molar-refractivity contribution is 0.0655. The molecule has 1 aliphatic rings. The molecule has 2 rings (SSSR count). The summed E-state index contributed by atoms with van der Waals surface area (Å²) in [7, 11) is 0. The standard InChI is InChI=1S/C11H18N4O/c1-3-14-8-10(7-13-14)11(16)15-5-4-12-6-9(15)2/h7-9,12H,3-6H2,1-2H3/t9-/m0/s1. The van der Waals surface area contributed by atoms with Crippen molar-refractivity contribution in [2.75, 3.05) is 19.6 Å². The van der Waals surface area contributed by atoms with E-state index in [1.54, 1.807) is 10.9 Å². The summed E-state index contributed by atoms with van der Waals surface area (Å²) in [6.45, 7) is 7.39. The molecular weight excluding hydrogens is 204 g/mol. The number of hydrogen-bond acceptors (Lipinski definition) is 3. The molecule has 1 aliphatic heterocycles. The molecule has 1 aromatic heterocycles. The highest BCUT2D eigenvalue weighted by molar-refractivity contribution is 5.94. The van der Waals surface area contributed by atoms with Gasteiger partial charge in [-0.15, -0.1) is 0 Å². The van der Waals surface area contributed by atoms with Crippen LogP contribution in [0.15, 0.2) is 12.4 Å². The van der Waals surface area contributed by atoms with Gasteiger partial charge < -0.3 is 10.2 Å². The number of rotatable bonds is 2. The number of nitrogens with one attached hydrogen (secondary N) is 1. The van der Waals surface area contributed by atoms with Crippen LogP contribution in [-0.2, 0) is 6.54 Å². The molecule has 1 N–H and O–H groups in total. The van der Waals surface area contributed by atoms with Crippen molar-refractivity contribution in [3.05, 3.63) is 18.0 Å². The van der Waals surface area contributed by atoms with E-state index < -0.39 is 0 Å². The fourth-order valence-corrected chi connectivity index (χ4v) is 1.96. The molecule has 0 spiro atoms. The van der Waals surface area contributed by atoms with E-state index in [9.17, 15) is 4.79 Å². The monoisotopic (exact) mass is 222 g/mol. The molecule has 0 aromatic carbocycles. The Balaban J connectivity index is 2.11. The first-order chi connectivity index (χ1) is 7.72. The van der Waals surface area contributed by atoms with Crippen molar-refractivity contribution >= 4 is 5.91 Å². The van der Waals surface area contributed by atoms with E-state index in [-0.39, 0.29) is 11.9 Å². The van der Waals surface area contributed by atoms with Gasteiger partial charge in [0.25, 0.3) is 5.91 Å². The van der Waals surface area contributed by atoms with Gasteiger partial charge >= 0.3 is 0 Å². The van der Waals surface area contributed by atoms with Crippen LogP contribution in [0, 0.1) is 0 Å². The van der Waals surface area contributed by atoms with Crippen molar-refractivity contribution in [3.8, 4) is 0 Å². The minimum absolute atomic E-state index is 0.0914. The van der Waals surface area contributed by atoms with Crippen molar-refractivity contribution < 1.29 is 4.79 Å². The topological polar surface area (TPSA) is 50.2 Å². The van der Waals surface area contributed by atoms with Crippen LogP contribution in [0.3, 0.4) is 0 Å². The summed E-state index contributed by atoms with van der Waals surface area (Å²) in [6.07, 6.45) is 3.47. The zero-order valence-electron chi connectivity index (χ0n) is 9.81. The van der Waals surface area contributed by atoms with Gasteiger partial charge in [0, 0.05) is 38.4 Å². The predicted octanol–water partition coefficient (Wildman–Crippen LogP) is 0.337. The Labute approximate surface area is 95.4 Å². The van der Waals surface area contributed by atoms with Crippen LogP contribution in [0.4, 0.5) is 0 Å².